The molecule has 0 amide bonds. The van der Waals surface area contributed by atoms with Crippen LogP contribution in [0.1, 0.15) is 5.69 Å². The summed E-state index contributed by atoms with van der Waals surface area (Å²) in [6.07, 6.45) is 0. The lowest BCUT2D eigenvalue weighted by Gasteiger charge is -2.04. The highest BCUT2D eigenvalue weighted by atomic mass is 35.5. The Bertz CT molecular complexity index is 838. The molecule has 6 heteroatoms. The number of hydrogen-bond donors (Lipinski definition) is 1. The Morgan fingerprint density at radius 3 is 2.48 bits per heavy atom. The summed E-state index contributed by atoms with van der Waals surface area (Å²) in [5.74, 6) is 1.44. The van der Waals surface area contributed by atoms with E-state index in [-0.39, 0.29) is 5.56 Å². The van der Waals surface area contributed by atoms with E-state index < -0.39 is 0 Å². The van der Waals surface area contributed by atoms with Gasteiger partial charge in [0.05, 0.1) is 12.8 Å². The number of H-pyrrole nitrogens is 1. The molecule has 0 bridgehead atoms. The smallest absolute Gasteiger partial charge is 0.271 e. The van der Waals surface area contributed by atoms with Gasteiger partial charge in [-0.3, -0.25) is 9.89 Å². The van der Waals surface area contributed by atoms with E-state index >= 15 is 0 Å². The number of nitrogens with one attached hydrogen (secondary N) is 1. The molecule has 3 aromatic rings. The van der Waals surface area contributed by atoms with E-state index in [2.05, 4.69) is 5.10 Å². The number of aromatic nitrogens is 2. The van der Waals surface area contributed by atoms with Gasteiger partial charge in [0.15, 0.2) is 0 Å². The van der Waals surface area contributed by atoms with Crippen molar-refractivity contribution in [1.82, 2.24) is 9.78 Å². The quantitative estimate of drug-likeness (QED) is 0.707. The van der Waals surface area contributed by atoms with E-state index in [0.717, 1.165) is 22.0 Å². The molecular formula is C17H15ClN2O2S. The summed E-state index contributed by atoms with van der Waals surface area (Å²) in [4.78, 5) is 13.2. The first kappa shape index (κ1) is 15.8. The SMILES string of the molecule is COc1ccc(-n2[nH]c(CSc3ccc(Cl)cc3)cc2=O)cc1. The van der Waals surface area contributed by atoms with E-state index in [4.69, 9.17) is 16.3 Å². The Hall–Kier alpha value is -2.11. The Morgan fingerprint density at radius 1 is 1.13 bits per heavy atom. The fourth-order valence-electron chi connectivity index (χ4n) is 2.13. The Kier molecular flexibility index (Phi) is 4.79. The van der Waals surface area contributed by atoms with Gasteiger partial charge in [-0.25, -0.2) is 4.68 Å². The van der Waals surface area contributed by atoms with Crippen molar-refractivity contribution in [3.63, 3.8) is 0 Å². The summed E-state index contributed by atoms with van der Waals surface area (Å²) in [6, 6.07) is 16.6. The molecule has 0 aliphatic rings. The van der Waals surface area contributed by atoms with Crippen molar-refractivity contribution < 1.29 is 4.74 Å². The van der Waals surface area contributed by atoms with Gasteiger partial charge in [-0.05, 0) is 48.5 Å². The zero-order valence-electron chi connectivity index (χ0n) is 12.5. The van der Waals surface area contributed by atoms with Crippen molar-refractivity contribution in [2.75, 3.05) is 7.11 Å². The molecule has 0 unspecified atom stereocenters. The first-order valence-corrected chi connectivity index (χ1v) is 8.36. The highest BCUT2D eigenvalue weighted by molar-refractivity contribution is 7.98. The summed E-state index contributed by atoms with van der Waals surface area (Å²) in [5, 5.41) is 3.85. The van der Waals surface area contributed by atoms with Gasteiger partial charge in [0.25, 0.3) is 5.56 Å². The number of hydrogen-bond acceptors (Lipinski definition) is 3. The zero-order chi connectivity index (χ0) is 16.2. The summed E-state index contributed by atoms with van der Waals surface area (Å²) in [5.41, 5.74) is 1.56. The molecule has 1 aromatic heterocycles. The van der Waals surface area contributed by atoms with E-state index in [1.165, 1.54) is 4.68 Å². The molecule has 0 atom stereocenters. The second kappa shape index (κ2) is 6.98. The van der Waals surface area contributed by atoms with Crippen LogP contribution in [0.4, 0.5) is 0 Å². The highest BCUT2D eigenvalue weighted by Crippen LogP contribution is 2.23. The first-order valence-electron chi connectivity index (χ1n) is 6.99. The van der Waals surface area contributed by atoms with E-state index in [9.17, 15) is 4.79 Å². The Morgan fingerprint density at radius 2 is 1.83 bits per heavy atom. The number of benzene rings is 2. The van der Waals surface area contributed by atoms with Crippen LogP contribution in [0.15, 0.2) is 64.3 Å². The lowest BCUT2D eigenvalue weighted by atomic mass is 10.3. The van der Waals surface area contributed by atoms with E-state index in [1.54, 1.807) is 24.9 Å². The number of thioether (sulfide) groups is 1. The summed E-state index contributed by atoms with van der Waals surface area (Å²) in [7, 11) is 1.61. The lowest BCUT2D eigenvalue weighted by Crippen LogP contribution is -2.13. The highest BCUT2D eigenvalue weighted by Gasteiger charge is 2.06. The molecule has 3 rings (SSSR count). The molecule has 0 saturated heterocycles. The second-order valence-electron chi connectivity index (χ2n) is 4.90. The maximum Gasteiger partial charge on any atom is 0.271 e. The molecule has 0 spiro atoms. The third kappa shape index (κ3) is 3.81. The minimum atomic E-state index is -0.0816. The van der Waals surface area contributed by atoms with Crippen molar-refractivity contribution in [3.05, 3.63) is 75.7 Å². The van der Waals surface area contributed by atoms with Crippen LogP contribution in [0.25, 0.3) is 5.69 Å². The molecule has 1 heterocycles. The van der Waals surface area contributed by atoms with Gasteiger partial charge < -0.3 is 4.74 Å². The van der Waals surface area contributed by atoms with Crippen LogP contribution >= 0.6 is 23.4 Å². The Labute approximate surface area is 143 Å². The molecule has 0 saturated carbocycles. The average molecular weight is 347 g/mol. The minimum Gasteiger partial charge on any atom is -0.497 e. The zero-order valence-corrected chi connectivity index (χ0v) is 14.0. The maximum atomic E-state index is 12.1. The predicted octanol–water partition coefficient (Wildman–Crippen LogP) is 4.12. The minimum absolute atomic E-state index is 0.0816. The Balaban J connectivity index is 1.75. The monoisotopic (exact) mass is 346 g/mol. The van der Waals surface area contributed by atoms with Gasteiger partial charge >= 0.3 is 0 Å². The first-order chi connectivity index (χ1) is 11.2. The molecule has 0 aliphatic heterocycles. The third-order valence-electron chi connectivity index (χ3n) is 3.31. The fraction of sp³-hybridized carbons (Fsp3) is 0.118. The molecule has 4 nitrogen and oxygen atoms in total. The number of nitrogens with zero attached hydrogens (tertiary/aromatic N) is 1. The van der Waals surface area contributed by atoms with Crippen LogP contribution in [0.2, 0.25) is 5.02 Å². The van der Waals surface area contributed by atoms with Crippen molar-refractivity contribution in [3.8, 4) is 11.4 Å². The predicted molar refractivity (Wildman–Crippen MR) is 94.0 cm³/mol. The number of rotatable bonds is 5. The van der Waals surface area contributed by atoms with E-state index in [1.807, 2.05) is 48.5 Å². The number of methoxy groups -OCH3 is 1. The van der Waals surface area contributed by atoms with E-state index in [0.29, 0.717) is 10.8 Å². The van der Waals surface area contributed by atoms with Gasteiger partial charge in [0, 0.05) is 27.4 Å². The van der Waals surface area contributed by atoms with Gasteiger partial charge in [0.1, 0.15) is 5.75 Å². The van der Waals surface area contributed by atoms with Crippen LogP contribution < -0.4 is 10.3 Å². The van der Waals surface area contributed by atoms with Crippen molar-refractivity contribution in [2.45, 2.75) is 10.6 Å². The maximum absolute atomic E-state index is 12.1. The molecule has 23 heavy (non-hydrogen) atoms. The largest absolute Gasteiger partial charge is 0.497 e. The topological polar surface area (TPSA) is 47.0 Å². The molecule has 118 valence electrons. The molecule has 0 fully saturated rings. The molecule has 1 N–H and O–H groups in total. The van der Waals surface area contributed by atoms with Gasteiger partial charge in [-0.1, -0.05) is 11.6 Å². The fourth-order valence-corrected chi connectivity index (χ4v) is 3.06. The summed E-state index contributed by atoms with van der Waals surface area (Å²) >= 11 is 7.52. The number of aromatic amines is 1. The second-order valence-corrected chi connectivity index (χ2v) is 6.38. The standard InChI is InChI=1S/C17H15ClN2O2S/c1-22-15-6-4-14(5-7-15)20-17(21)10-13(19-20)11-23-16-8-2-12(18)3-9-16/h2-10,19H,11H2,1H3. The van der Waals surface area contributed by atoms with Gasteiger partial charge in [-0.15, -0.1) is 11.8 Å². The van der Waals surface area contributed by atoms with Crippen LogP contribution in [-0.2, 0) is 5.75 Å². The van der Waals surface area contributed by atoms with Gasteiger partial charge in [0.2, 0.25) is 0 Å². The molecule has 0 aliphatic carbocycles. The molecular weight excluding hydrogens is 332 g/mol. The van der Waals surface area contributed by atoms with Crippen molar-refractivity contribution in [1.29, 1.82) is 0 Å². The number of halogens is 1. The van der Waals surface area contributed by atoms with Crippen molar-refractivity contribution >= 4 is 23.4 Å². The van der Waals surface area contributed by atoms with Crippen LogP contribution in [-0.4, -0.2) is 16.9 Å². The lowest BCUT2D eigenvalue weighted by molar-refractivity contribution is 0.414. The average Bonchev–Trinajstić information content (AvgIpc) is 2.95. The number of ether oxygens (including phenoxy) is 1. The van der Waals surface area contributed by atoms with Crippen molar-refractivity contribution in [2.24, 2.45) is 0 Å². The van der Waals surface area contributed by atoms with Crippen LogP contribution in [0.3, 0.4) is 0 Å². The normalized spacial score (nSPS) is 10.7. The molecule has 0 radical (unpaired) electrons. The van der Waals surface area contributed by atoms with Crippen LogP contribution in [0, 0.1) is 0 Å². The summed E-state index contributed by atoms with van der Waals surface area (Å²) < 4.78 is 6.65. The third-order valence-corrected chi connectivity index (χ3v) is 4.62. The molecule has 2 aromatic carbocycles. The summed E-state index contributed by atoms with van der Waals surface area (Å²) in [6.45, 7) is 0. The van der Waals surface area contributed by atoms with Gasteiger partial charge in [-0.2, -0.15) is 0 Å². The van der Waals surface area contributed by atoms with Crippen LogP contribution in [0.5, 0.6) is 5.75 Å².